The molecule has 6 rings (SSSR count). The third-order valence-electron chi connectivity index (χ3n) is 9.08. The van der Waals surface area contributed by atoms with Crippen molar-refractivity contribution in [1.29, 1.82) is 0 Å². The number of epoxide rings is 1. The number of carbonyl (C=O) groups is 2. The van der Waals surface area contributed by atoms with Crippen LogP contribution in [-0.2, 0) is 14.3 Å². The average Bonchev–Trinajstić information content (AvgIpc) is 3.19. The minimum atomic E-state index is -0.0389. The van der Waals surface area contributed by atoms with Gasteiger partial charge in [0.1, 0.15) is 12.0 Å². The van der Waals surface area contributed by atoms with Gasteiger partial charge in [-0.25, -0.2) is 0 Å². The van der Waals surface area contributed by atoms with E-state index in [-0.39, 0.29) is 34.9 Å². The molecule has 5 aliphatic rings. The van der Waals surface area contributed by atoms with Gasteiger partial charge in [0, 0.05) is 5.92 Å². The molecule has 7 nitrogen and oxygen atoms in total. The van der Waals surface area contributed by atoms with Gasteiger partial charge in [0.15, 0.2) is 5.76 Å². The van der Waals surface area contributed by atoms with Gasteiger partial charge < -0.3 is 23.7 Å². The Bertz CT molecular complexity index is 857. The van der Waals surface area contributed by atoms with Crippen LogP contribution in [0.2, 0.25) is 0 Å². The quantitative estimate of drug-likeness (QED) is 0.576. The normalized spacial score (nSPS) is 42.2. The van der Waals surface area contributed by atoms with Crippen LogP contribution in [0.5, 0.6) is 0 Å². The van der Waals surface area contributed by atoms with E-state index in [9.17, 15) is 9.59 Å². The number of fused-ring (bicyclic) bond motifs is 3. The maximum absolute atomic E-state index is 12.9. The van der Waals surface area contributed by atoms with Crippen LogP contribution in [0, 0.1) is 23.2 Å². The highest BCUT2D eigenvalue weighted by molar-refractivity contribution is 5.91. The van der Waals surface area contributed by atoms with Crippen LogP contribution in [0.1, 0.15) is 49.6 Å². The molecular weight excluding hydrogens is 396 g/mol. The van der Waals surface area contributed by atoms with E-state index >= 15 is 0 Å². The second kappa shape index (κ2) is 7.07. The first-order valence-corrected chi connectivity index (χ1v) is 12.0. The van der Waals surface area contributed by atoms with Gasteiger partial charge in [0.25, 0.3) is 5.91 Å². The van der Waals surface area contributed by atoms with Crippen molar-refractivity contribution in [3.05, 3.63) is 24.2 Å². The summed E-state index contributed by atoms with van der Waals surface area (Å²) in [4.78, 5) is 28.7. The van der Waals surface area contributed by atoms with Crippen LogP contribution in [-0.4, -0.2) is 67.8 Å². The zero-order valence-electron chi connectivity index (χ0n) is 18.3. The summed E-state index contributed by atoms with van der Waals surface area (Å²) in [6, 6.07) is 3.46. The molecule has 168 valence electrons. The molecular formula is C24H33N2O5+. The number of quaternary nitrogens is 1. The second-order valence-corrected chi connectivity index (χ2v) is 10.8. The summed E-state index contributed by atoms with van der Waals surface area (Å²) in [5, 5.41) is 0. The molecule has 1 spiro atoms. The van der Waals surface area contributed by atoms with Gasteiger partial charge in [-0.3, -0.25) is 9.59 Å². The molecule has 3 saturated heterocycles. The van der Waals surface area contributed by atoms with E-state index in [0.717, 1.165) is 39.1 Å². The van der Waals surface area contributed by atoms with Gasteiger partial charge in [-0.2, -0.15) is 0 Å². The monoisotopic (exact) mass is 429 g/mol. The Balaban J connectivity index is 1.11. The SMILES string of the molecule is C[C@]12CCC[C@]3(CO3)[C@H]1C[C@H]1[C@@H](C2)OC(=O)[C@@H]1C[NH+]1CCN(C(=O)c2ccco2)CC1. The van der Waals surface area contributed by atoms with Crippen LogP contribution in [0.15, 0.2) is 22.8 Å². The molecule has 5 fully saturated rings. The average molecular weight is 430 g/mol. The highest BCUT2D eigenvalue weighted by Gasteiger charge is 2.65. The fourth-order valence-electron chi connectivity index (χ4n) is 7.29. The van der Waals surface area contributed by atoms with Crippen LogP contribution in [0.3, 0.4) is 0 Å². The predicted octanol–water partition coefficient (Wildman–Crippen LogP) is 1.15. The molecule has 1 aromatic rings. The Morgan fingerprint density at radius 1 is 1.29 bits per heavy atom. The Labute approximate surface area is 183 Å². The fourth-order valence-corrected chi connectivity index (χ4v) is 7.29. The molecule has 3 aliphatic heterocycles. The van der Waals surface area contributed by atoms with E-state index in [1.54, 1.807) is 12.1 Å². The number of hydrogen-bond donors (Lipinski definition) is 1. The van der Waals surface area contributed by atoms with Gasteiger partial charge in [0.05, 0.1) is 51.2 Å². The van der Waals surface area contributed by atoms with Crippen molar-refractivity contribution in [1.82, 2.24) is 4.90 Å². The minimum Gasteiger partial charge on any atom is -0.462 e. The number of esters is 1. The van der Waals surface area contributed by atoms with Crippen molar-refractivity contribution in [2.75, 3.05) is 39.3 Å². The molecule has 0 radical (unpaired) electrons. The summed E-state index contributed by atoms with van der Waals surface area (Å²) < 4.78 is 17.2. The molecule has 1 amide bonds. The number of rotatable bonds is 3. The van der Waals surface area contributed by atoms with Crippen LogP contribution < -0.4 is 4.90 Å². The van der Waals surface area contributed by atoms with Crippen LogP contribution in [0.25, 0.3) is 0 Å². The first kappa shape index (κ1) is 19.8. The fraction of sp³-hybridized carbons (Fsp3) is 0.750. The number of nitrogens with zero attached hydrogens (tertiary/aromatic N) is 1. The maximum Gasteiger partial charge on any atom is 0.315 e. The van der Waals surface area contributed by atoms with Crippen molar-refractivity contribution >= 4 is 11.9 Å². The largest absolute Gasteiger partial charge is 0.462 e. The van der Waals surface area contributed by atoms with Crippen molar-refractivity contribution < 1.29 is 28.4 Å². The lowest BCUT2D eigenvalue weighted by Crippen LogP contribution is -3.15. The Kier molecular flexibility index (Phi) is 4.52. The summed E-state index contributed by atoms with van der Waals surface area (Å²) in [5.41, 5.74) is 0.342. The number of furan rings is 1. The van der Waals surface area contributed by atoms with Gasteiger partial charge in [-0.15, -0.1) is 0 Å². The number of piperazine rings is 1. The van der Waals surface area contributed by atoms with E-state index in [4.69, 9.17) is 13.9 Å². The Hall–Kier alpha value is -1.86. The van der Waals surface area contributed by atoms with E-state index in [2.05, 4.69) is 6.92 Å². The summed E-state index contributed by atoms with van der Waals surface area (Å²) in [6.07, 6.45) is 7.31. The smallest absolute Gasteiger partial charge is 0.315 e. The summed E-state index contributed by atoms with van der Waals surface area (Å²) in [5.74, 6) is 1.23. The molecule has 6 atom stereocenters. The number of carbonyl (C=O) groups excluding carboxylic acids is 2. The van der Waals surface area contributed by atoms with Gasteiger partial charge in [0.2, 0.25) is 0 Å². The maximum atomic E-state index is 12.9. The second-order valence-electron chi connectivity index (χ2n) is 10.8. The molecule has 0 unspecified atom stereocenters. The molecule has 1 N–H and O–H groups in total. The topological polar surface area (TPSA) is 76.7 Å². The molecule has 2 aliphatic carbocycles. The highest BCUT2D eigenvalue weighted by atomic mass is 16.6. The van der Waals surface area contributed by atoms with E-state index < -0.39 is 0 Å². The summed E-state index contributed by atoms with van der Waals surface area (Å²) in [6.45, 7) is 7.24. The van der Waals surface area contributed by atoms with E-state index in [0.29, 0.717) is 30.7 Å². The molecule has 31 heavy (non-hydrogen) atoms. The first-order valence-electron chi connectivity index (χ1n) is 12.0. The number of ether oxygens (including phenoxy) is 2. The van der Waals surface area contributed by atoms with Gasteiger partial charge in [-0.05, 0) is 55.6 Å². The lowest BCUT2D eigenvalue weighted by atomic mass is 9.53. The predicted molar refractivity (Wildman–Crippen MR) is 110 cm³/mol. The lowest BCUT2D eigenvalue weighted by Gasteiger charge is -2.51. The third kappa shape index (κ3) is 3.23. The zero-order chi connectivity index (χ0) is 21.2. The summed E-state index contributed by atoms with van der Waals surface area (Å²) in [7, 11) is 0. The minimum absolute atomic E-state index is 0.00426. The van der Waals surface area contributed by atoms with Crippen LogP contribution >= 0.6 is 0 Å². The van der Waals surface area contributed by atoms with Crippen molar-refractivity contribution in [3.63, 3.8) is 0 Å². The van der Waals surface area contributed by atoms with Crippen molar-refractivity contribution in [2.45, 2.75) is 50.7 Å². The number of nitrogens with one attached hydrogen (secondary N) is 1. The molecule has 0 aromatic carbocycles. The number of amides is 1. The standard InChI is InChI=1S/C24H32N2O5/c1-23-5-3-6-24(15-30-24)20(23)12-16-17(22(28)31-19(16)13-23)14-25-7-9-26(10-8-25)21(27)18-4-2-11-29-18/h2,4,11,16-17,19-20H,3,5-10,12-15H2,1H3/p+1/t16-,17-,19-,20+,23-,24+/m1/s1. The van der Waals surface area contributed by atoms with Gasteiger partial charge in [-0.1, -0.05) is 6.92 Å². The van der Waals surface area contributed by atoms with E-state index in [1.807, 2.05) is 4.90 Å². The first-order chi connectivity index (χ1) is 15.0. The van der Waals surface area contributed by atoms with E-state index in [1.165, 1.54) is 30.4 Å². The number of hydrogen-bond acceptors (Lipinski definition) is 5. The molecule has 1 aromatic heterocycles. The third-order valence-corrected chi connectivity index (χ3v) is 9.08. The van der Waals surface area contributed by atoms with Crippen LogP contribution in [0.4, 0.5) is 0 Å². The lowest BCUT2D eigenvalue weighted by molar-refractivity contribution is -0.906. The summed E-state index contributed by atoms with van der Waals surface area (Å²) >= 11 is 0. The highest BCUT2D eigenvalue weighted by Crippen LogP contribution is 2.62. The molecule has 0 bridgehead atoms. The molecule has 4 heterocycles. The van der Waals surface area contributed by atoms with Crippen molar-refractivity contribution in [3.8, 4) is 0 Å². The molecule has 7 heteroatoms. The van der Waals surface area contributed by atoms with Crippen molar-refractivity contribution in [2.24, 2.45) is 23.2 Å². The Morgan fingerprint density at radius 2 is 2.10 bits per heavy atom. The zero-order valence-corrected chi connectivity index (χ0v) is 18.3. The Morgan fingerprint density at radius 3 is 2.81 bits per heavy atom. The van der Waals surface area contributed by atoms with Gasteiger partial charge >= 0.3 is 5.97 Å². The molecule has 2 saturated carbocycles.